The molecule has 9 nitrogen and oxygen atoms in total. The summed E-state index contributed by atoms with van der Waals surface area (Å²) in [6.07, 6.45) is 16.8. The van der Waals surface area contributed by atoms with Crippen molar-refractivity contribution in [3.8, 4) is 5.75 Å². The number of carbonyl (C=O) groups excluding carboxylic acids is 2. The standard InChI is InChI=1S/C21H44NO2.C7H14N2O3.C6H6O/c1-5-6-7-8-9-10-11-12-13-14-15-16-17-18-20(23)21(24)19-22(2,3)4;1-4(2)6(7(11)12)9-5(10)3-8;7-6-4-2-1-3-5-6/h21,24H,5-19H2,1-4H3;4,6H,3,8H2,1-2H3,(H,9,10)(H,11,12);1-5,7H/q+1;;. The van der Waals surface area contributed by atoms with Gasteiger partial charge in [0.2, 0.25) is 5.91 Å². The number of phenolic OH excluding ortho intramolecular Hbond substituents is 1. The van der Waals surface area contributed by atoms with Crippen LogP contribution in [0.5, 0.6) is 5.75 Å². The van der Waals surface area contributed by atoms with E-state index in [1.807, 2.05) is 27.2 Å². The van der Waals surface area contributed by atoms with Crippen molar-refractivity contribution >= 4 is 17.7 Å². The third kappa shape index (κ3) is 29.4. The molecule has 0 aliphatic carbocycles. The Balaban J connectivity index is 0. The predicted octanol–water partition coefficient (Wildman–Crippen LogP) is 5.67. The number of phenols is 1. The number of para-hydroxylation sites is 1. The fourth-order valence-electron chi connectivity index (χ4n) is 4.28. The zero-order valence-electron chi connectivity index (χ0n) is 28.0. The number of carboxylic acids is 1. The van der Waals surface area contributed by atoms with E-state index in [1.54, 1.807) is 38.1 Å². The van der Waals surface area contributed by atoms with Gasteiger partial charge in [0.15, 0.2) is 11.9 Å². The van der Waals surface area contributed by atoms with Gasteiger partial charge in [0.25, 0.3) is 0 Å². The Morgan fingerprint density at radius 2 is 1.26 bits per heavy atom. The van der Waals surface area contributed by atoms with Crippen molar-refractivity contribution in [2.24, 2.45) is 11.7 Å². The number of nitrogens with one attached hydrogen (secondary N) is 1. The minimum absolute atomic E-state index is 0.0196. The fraction of sp³-hybridized carbons (Fsp3) is 0.735. The van der Waals surface area contributed by atoms with E-state index in [9.17, 15) is 19.5 Å². The third-order valence-corrected chi connectivity index (χ3v) is 6.81. The molecule has 1 rings (SSSR count). The van der Waals surface area contributed by atoms with Crippen LogP contribution >= 0.6 is 0 Å². The van der Waals surface area contributed by atoms with Crippen LogP contribution in [0.3, 0.4) is 0 Å². The molecule has 0 saturated carbocycles. The van der Waals surface area contributed by atoms with E-state index in [0.717, 1.165) is 12.8 Å². The zero-order valence-corrected chi connectivity index (χ0v) is 28.0. The summed E-state index contributed by atoms with van der Waals surface area (Å²) in [6, 6.07) is 7.87. The van der Waals surface area contributed by atoms with Gasteiger partial charge < -0.3 is 30.9 Å². The van der Waals surface area contributed by atoms with E-state index < -0.39 is 24.0 Å². The lowest BCUT2D eigenvalue weighted by molar-refractivity contribution is -0.872. The first-order valence-electron chi connectivity index (χ1n) is 16.2. The summed E-state index contributed by atoms with van der Waals surface area (Å²) < 4.78 is 0.630. The molecular formula is C34H64N3O6+. The molecule has 0 spiro atoms. The van der Waals surface area contributed by atoms with Gasteiger partial charge in [-0.3, -0.25) is 9.59 Å². The number of carboxylic acid groups (broad SMARTS) is 1. The number of unbranched alkanes of at least 4 members (excludes halogenated alkanes) is 12. The van der Waals surface area contributed by atoms with Crippen LogP contribution in [0.15, 0.2) is 30.3 Å². The predicted molar refractivity (Wildman–Crippen MR) is 176 cm³/mol. The fourth-order valence-corrected chi connectivity index (χ4v) is 4.28. The number of Topliss-reactive ketones (excluding diaryl/α,β-unsaturated/α-hetero) is 1. The number of nitrogens with zero attached hydrogens (tertiary/aromatic N) is 1. The van der Waals surface area contributed by atoms with E-state index in [-0.39, 0.29) is 18.2 Å². The maximum Gasteiger partial charge on any atom is 0.326 e. The Kier molecular flexibility index (Phi) is 26.9. The molecule has 2 atom stereocenters. The van der Waals surface area contributed by atoms with E-state index in [2.05, 4.69) is 12.2 Å². The average Bonchev–Trinajstić information content (AvgIpc) is 2.93. The molecule has 1 amide bonds. The number of aliphatic hydroxyl groups is 1. The highest BCUT2D eigenvalue weighted by Crippen LogP contribution is 2.13. The molecule has 0 aliphatic heterocycles. The number of hydrogen-bond acceptors (Lipinski definition) is 6. The second kappa shape index (κ2) is 27.1. The first-order valence-corrected chi connectivity index (χ1v) is 16.2. The van der Waals surface area contributed by atoms with E-state index in [0.29, 0.717) is 23.2 Å². The molecule has 43 heavy (non-hydrogen) atoms. The van der Waals surface area contributed by atoms with Crippen LogP contribution in [0, 0.1) is 5.92 Å². The maximum atomic E-state index is 11.9. The Labute approximate surface area is 261 Å². The average molecular weight is 611 g/mol. The van der Waals surface area contributed by atoms with Gasteiger partial charge >= 0.3 is 5.97 Å². The number of nitrogens with two attached hydrogens (primary N) is 1. The van der Waals surface area contributed by atoms with Crippen LogP contribution in [0.4, 0.5) is 0 Å². The van der Waals surface area contributed by atoms with E-state index in [1.165, 1.54) is 70.6 Å². The molecular weight excluding hydrogens is 546 g/mol. The Hall–Kier alpha value is -2.49. The van der Waals surface area contributed by atoms with Gasteiger partial charge in [-0.05, 0) is 24.5 Å². The molecule has 0 fully saturated rings. The van der Waals surface area contributed by atoms with Crippen molar-refractivity contribution in [1.82, 2.24) is 5.32 Å². The number of hydrogen-bond donors (Lipinski definition) is 5. The zero-order chi connectivity index (χ0) is 33.1. The summed E-state index contributed by atoms with van der Waals surface area (Å²) in [5.41, 5.74) is 5.02. The summed E-state index contributed by atoms with van der Waals surface area (Å²) in [5.74, 6) is -1.28. The van der Waals surface area contributed by atoms with Crippen LogP contribution in [-0.2, 0) is 14.4 Å². The monoisotopic (exact) mass is 610 g/mol. The van der Waals surface area contributed by atoms with Crippen LogP contribution in [0.1, 0.15) is 111 Å². The number of aliphatic hydroxyl groups excluding tert-OH is 1. The van der Waals surface area contributed by atoms with Crippen molar-refractivity contribution in [3.63, 3.8) is 0 Å². The van der Waals surface area contributed by atoms with Crippen LogP contribution in [0.25, 0.3) is 0 Å². The molecule has 1 aromatic rings. The highest BCUT2D eigenvalue weighted by Gasteiger charge is 2.23. The van der Waals surface area contributed by atoms with Crippen molar-refractivity contribution in [2.45, 2.75) is 123 Å². The third-order valence-electron chi connectivity index (χ3n) is 6.81. The van der Waals surface area contributed by atoms with Gasteiger partial charge in [0.05, 0.1) is 27.7 Å². The molecule has 0 saturated heterocycles. The Morgan fingerprint density at radius 3 is 1.58 bits per heavy atom. The Bertz CT molecular complexity index is 827. The molecule has 0 aliphatic rings. The molecule has 9 heteroatoms. The molecule has 6 N–H and O–H groups in total. The quantitative estimate of drug-likeness (QED) is 0.0889. The summed E-state index contributed by atoms with van der Waals surface area (Å²) in [5, 5.41) is 29.4. The first kappa shape index (κ1) is 42.6. The highest BCUT2D eigenvalue weighted by molar-refractivity contribution is 5.84. The van der Waals surface area contributed by atoms with E-state index >= 15 is 0 Å². The number of aliphatic carboxylic acids is 1. The van der Waals surface area contributed by atoms with Crippen molar-refractivity contribution in [1.29, 1.82) is 0 Å². The topological polar surface area (TPSA) is 150 Å². The molecule has 1 aromatic carbocycles. The second-order valence-electron chi connectivity index (χ2n) is 12.6. The number of likely N-dealkylation sites (N-methyl/N-ethyl adjacent to an activating group) is 1. The largest absolute Gasteiger partial charge is 0.508 e. The molecule has 0 radical (unpaired) electrons. The smallest absolute Gasteiger partial charge is 0.326 e. The Morgan fingerprint density at radius 1 is 0.814 bits per heavy atom. The molecule has 250 valence electrons. The highest BCUT2D eigenvalue weighted by atomic mass is 16.4. The number of benzene rings is 1. The van der Waals surface area contributed by atoms with Gasteiger partial charge in [-0.2, -0.15) is 0 Å². The SMILES string of the molecule is CC(C)C(NC(=O)CN)C(=O)O.CCCCCCCCCCCCCCCC(=O)C(O)C[N+](C)(C)C.Oc1ccccc1. The van der Waals surface area contributed by atoms with Crippen molar-refractivity contribution in [2.75, 3.05) is 34.2 Å². The molecule has 0 aromatic heterocycles. The van der Waals surface area contributed by atoms with Gasteiger partial charge in [0, 0.05) is 6.42 Å². The summed E-state index contributed by atoms with van der Waals surface area (Å²) in [4.78, 5) is 33.1. The van der Waals surface area contributed by atoms with Crippen LogP contribution < -0.4 is 11.1 Å². The number of aromatic hydroxyl groups is 1. The van der Waals surface area contributed by atoms with E-state index in [4.69, 9.17) is 15.9 Å². The molecule has 0 bridgehead atoms. The minimum atomic E-state index is -1.04. The summed E-state index contributed by atoms with van der Waals surface area (Å²) >= 11 is 0. The lowest BCUT2D eigenvalue weighted by Crippen LogP contribution is -2.46. The minimum Gasteiger partial charge on any atom is -0.508 e. The lowest BCUT2D eigenvalue weighted by Gasteiger charge is -2.26. The van der Waals surface area contributed by atoms with Gasteiger partial charge in [0.1, 0.15) is 18.3 Å². The summed E-state index contributed by atoms with van der Waals surface area (Å²) in [7, 11) is 6.01. The van der Waals surface area contributed by atoms with Crippen molar-refractivity contribution in [3.05, 3.63) is 30.3 Å². The molecule has 0 heterocycles. The maximum absolute atomic E-state index is 11.9. The summed E-state index contributed by atoms with van der Waals surface area (Å²) in [6.45, 7) is 6.03. The number of ketones is 1. The first-order chi connectivity index (χ1) is 20.2. The second-order valence-corrected chi connectivity index (χ2v) is 12.6. The number of quaternary nitrogens is 1. The van der Waals surface area contributed by atoms with Crippen LogP contribution in [-0.4, -0.2) is 83.8 Å². The lowest BCUT2D eigenvalue weighted by atomic mass is 10.0. The molecule has 2 unspecified atom stereocenters. The van der Waals surface area contributed by atoms with Crippen LogP contribution in [0.2, 0.25) is 0 Å². The number of carbonyl (C=O) groups is 3. The van der Waals surface area contributed by atoms with Gasteiger partial charge in [-0.1, -0.05) is 116 Å². The van der Waals surface area contributed by atoms with Gasteiger partial charge in [-0.15, -0.1) is 0 Å². The number of rotatable bonds is 21. The van der Waals surface area contributed by atoms with Gasteiger partial charge in [-0.25, -0.2) is 4.79 Å². The normalized spacial score (nSPS) is 12.3. The van der Waals surface area contributed by atoms with Crippen molar-refractivity contribution < 1.29 is 34.2 Å². The number of amides is 1.